The van der Waals surface area contributed by atoms with Crippen molar-refractivity contribution in [3.63, 3.8) is 0 Å². The van der Waals surface area contributed by atoms with Crippen molar-refractivity contribution < 1.29 is 13.9 Å². The summed E-state index contributed by atoms with van der Waals surface area (Å²) in [6, 6.07) is 3.16. The van der Waals surface area contributed by atoms with E-state index in [1.807, 2.05) is 0 Å². The van der Waals surface area contributed by atoms with Crippen molar-refractivity contribution in [2.75, 3.05) is 18.2 Å². The lowest BCUT2D eigenvalue weighted by Gasteiger charge is -2.45. The molecule has 3 N–H and O–H groups in total. The molecule has 0 saturated heterocycles. The number of hydrogen-bond donors (Lipinski definition) is 2. The standard InChI is InChI=1S/C19H29FN2O2/c1-18(2)9-13(10-19(3,4)11-18)22-16-8-14(20)12(6-15(16)21)7-17(23)24-5/h6,8,13,22H,7,9-11,21H2,1-5H3. The molecule has 0 unspecified atom stereocenters. The van der Waals surface area contributed by atoms with Crippen LogP contribution in [0.4, 0.5) is 15.8 Å². The summed E-state index contributed by atoms with van der Waals surface area (Å²) in [5.41, 5.74) is 7.86. The highest BCUT2D eigenvalue weighted by Gasteiger charge is 2.38. The number of benzene rings is 1. The van der Waals surface area contributed by atoms with Crippen LogP contribution in [0.5, 0.6) is 0 Å². The van der Waals surface area contributed by atoms with Gasteiger partial charge in [0.05, 0.1) is 24.9 Å². The molecule has 0 bridgehead atoms. The first-order valence-electron chi connectivity index (χ1n) is 8.43. The fraction of sp³-hybridized carbons (Fsp3) is 0.632. The minimum Gasteiger partial charge on any atom is -0.469 e. The van der Waals surface area contributed by atoms with Crippen molar-refractivity contribution in [2.24, 2.45) is 10.8 Å². The molecule has 1 fully saturated rings. The van der Waals surface area contributed by atoms with Gasteiger partial charge in [-0.15, -0.1) is 0 Å². The highest BCUT2D eigenvalue weighted by atomic mass is 19.1. The Morgan fingerprint density at radius 3 is 2.42 bits per heavy atom. The third kappa shape index (κ3) is 4.62. The zero-order valence-corrected chi connectivity index (χ0v) is 15.3. The van der Waals surface area contributed by atoms with Gasteiger partial charge < -0.3 is 15.8 Å². The van der Waals surface area contributed by atoms with Crippen molar-refractivity contribution >= 4 is 17.3 Å². The number of carbonyl (C=O) groups is 1. The van der Waals surface area contributed by atoms with E-state index in [2.05, 4.69) is 37.7 Å². The molecular weight excluding hydrogens is 307 g/mol. The van der Waals surface area contributed by atoms with Gasteiger partial charge in [-0.3, -0.25) is 4.79 Å². The second-order valence-corrected chi connectivity index (χ2v) is 8.54. The van der Waals surface area contributed by atoms with Gasteiger partial charge in [-0.25, -0.2) is 4.39 Å². The van der Waals surface area contributed by atoms with Gasteiger partial charge in [-0.05, 0) is 42.2 Å². The number of nitrogens with one attached hydrogen (secondary N) is 1. The molecule has 1 aromatic rings. The topological polar surface area (TPSA) is 64.3 Å². The fourth-order valence-corrected chi connectivity index (χ4v) is 4.29. The number of esters is 1. The summed E-state index contributed by atoms with van der Waals surface area (Å²) in [7, 11) is 1.28. The molecule has 0 atom stereocenters. The molecule has 0 heterocycles. The molecule has 2 rings (SSSR count). The number of rotatable bonds is 4. The van der Waals surface area contributed by atoms with E-state index in [9.17, 15) is 9.18 Å². The second kappa shape index (κ2) is 6.61. The Morgan fingerprint density at radius 2 is 1.88 bits per heavy atom. The molecule has 1 saturated carbocycles. The molecule has 0 aromatic heterocycles. The van der Waals surface area contributed by atoms with Gasteiger partial charge in [0, 0.05) is 11.6 Å². The van der Waals surface area contributed by atoms with Crippen LogP contribution in [0.2, 0.25) is 0 Å². The zero-order chi connectivity index (χ0) is 18.1. The summed E-state index contributed by atoms with van der Waals surface area (Å²) in [6.45, 7) is 9.08. The predicted octanol–water partition coefficient (Wildman–Crippen LogP) is 4.14. The molecule has 24 heavy (non-hydrogen) atoms. The molecule has 0 amide bonds. The third-order valence-corrected chi connectivity index (χ3v) is 4.70. The van der Waals surface area contributed by atoms with E-state index in [0.717, 1.165) is 12.8 Å². The molecule has 0 spiro atoms. The average molecular weight is 336 g/mol. The van der Waals surface area contributed by atoms with Gasteiger partial charge in [-0.2, -0.15) is 0 Å². The normalized spacial score (nSPS) is 19.8. The van der Waals surface area contributed by atoms with Crippen LogP contribution >= 0.6 is 0 Å². The Morgan fingerprint density at radius 1 is 1.29 bits per heavy atom. The van der Waals surface area contributed by atoms with Crippen LogP contribution in [0.1, 0.15) is 52.5 Å². The number of anilines is 2. The lowest BCUT2D eigenvalue weighted by Crippen LogP contribution is -2.40. The van der Waals surface area contributed by atoms with Crippen LogP contribution in [0, 0.1) is 16.6 Å². The molecule has 5 heteroatoms. The molecule has 1 aliphatic carbocycles. The van der Waals surface area contributed by atoms with E-state index >= 15 is 0 Å². The minimum atomic E-state index is -0.482. The van der Waals surface area contributed by atoms with E-state index < -0.39 is 11.8 Å². The first-order chi connectivity index (χ1) is 11.0. The number of nitrogens with two attached hydrogens (primary N) is 1. The summed E-state index contributed by atoms with van der Waals surface area (Å²) in [6.07, 6.45) is 3.08. The number of halogens is 1. The third-order valence-electron chi connectivity index (χ3n) is 4.70. The predicted molar refractivity (Wildman–Crippen MR) is 95.4 cm³/mol. The molecular formula is C19H29FN2O2. The maximum atomic E-state index is 14.3. The quantitative estimate of drug-likeness (QED) is 0.641. The van der Waals surface area contributed by atoms with Crippen LogP contribution in [0.25, 0.3) is 0 Å². The highest BCUT2D eigenvalue weighted by molar-refractivity contribution is 5.75. The Hall–Kier alpha value is -1.78. The number of nitrogen functional groups attached to an aromatic ring is 1. The average Bonchev–Trinajstić information content (AvgIpc) is 2.40. The highest BCUT2D eigenvalue weighted by Crippen LogP contribution is 2.46. The van der Waals surface area contributed by atoms with Gasteiger partial charge in [0.25, 0.3) is 0 Å². The summed E-state index contributed by atoms with van der Waals surface area (Å²) < 4.78 is 18.9. The molecule has 134 valence electrons. The molecule has 1 aliphatic rings. The van der Waals surface area contributed by atoms with Crippen molar-refractivity contribution in [1.82, 2.24) is 0 Å². The van der Waals surface area contributed by atoms with E-state index in [1.165, 1.54) is 25.7 Å². The van der Waals surface area contributed by atoms with Crippen molar-refractivity contribution in [3.05, 3.63) is 23.5 Å². The first-order valence-corrected chi connectivity index (χ1v) is 8.43. The number of carbonyl (C=O) groups excluding carboxylic acids is 1. The molecule has 0 radical (unpaired) electrons. The van der Waals surface area contributed by atoms with Crippen molar-refractivity contribution in [3.8, 4) is 0 Å². The SMILES string of the molecule is COC(=O)Cc1cc(N)c(NC2CC(C)(C)CC(C)(C)C2)cc1F. The zero-order valence-electron chi connectivity index (χ0n) is 15.3. The summed E-state index contributed by atoms with van der Waals surface area (Å²) in [5.74, 6) is -0.920. The maximum absolute atomic E-state index is 14.3. The van der Waals surface area contributed by atoms with Crippen molar-refractivity contribution in [1.29, 1.82) is 0 Å². The Labute approximate surface area is 144 Å². The van der Waals surface area contributed by atoms with Crippen LogP contribution in [-0.4, -0.2) is 19.1 Å². The summed E-state index contributed by atoms with van der Waals surface area (Å²) >= 11 is 0. The Kier molecular flexibility index (Phi) is 5.11. The number of hydrogen-bond acceptors (Lipinski definition) is 4. The molecule has 0 aliphatic heterocycles. The molecule has 1 aromatic carbocycles. The van der Waals surface area contributed by atoms with E-state index in [1.54, 1.807) is 0 Å². The van der Waals surface area contributed by atoms with Crippen LogP contribution < -0.4 is 11.1 Å². The Balaban J connectivity index is 2.18. The van der Waals surface area contributed by atoms with E-state index in [-0.39, 0.29) is 28.9 Å². The summed E-state index contributed by atoms with van der Waals surface area (Å²) in [4.78, 5) is 11.3. The van der Waals surface area contributed by atoms with E-state index in [4.69, 9.17) is 5.73 Å². The summed E-state index contributed by atoms with van der Waals surface area (Å²) in [5, 5.41) is 3.41. The largest absolute Gasteiger partial charge is 0.469 e. The van der Waals surface area contributed by atoms with E-state index in [0.29, 0.717) is 11.4 Å². The minimum absolute atomic E-state index is 0.115. The van der Waals surface area contributed by atoms with Crippen LogP contribution in [-0.2, 0) is 16.0 Å². The first kappa shape index (κ1) is 18.6. The van der Waals surface area contributed by atoms with Crippen LogP contribution in [0.3, 0.4) is 0 Å². The van der Waals surface area contributed by atoms with Gasteiger partial charge >= 0.3 is 5.97 Å². The number of ether oxygens (including phenoxy) is 1. The lowest BCUT2D eigenvalue weighted by atomic mass is 9.63. The van der Waals surface area contributed by atoms with Gasteiger partial charge in [-0.1, -0.05) is 27.7 Å². The van der Waals surface area contributed by atoms with Gasteiger partial charge in [0.2, 0.25) is 0 Å². The Bertz CT molecular complexity index is 610. The fourth-order valence-electron chi connectivity index (χ4n) is 4.29. The smallest absolute Gasteiger partial charge is 0.310 e. The molecule has 4 nitrogen and oxygen atoms in total. The lowest BCUT2D eigenvalue weighted by molar-refractivity contribution is -0.139. The monoisotopic (exact) mass is 336 g/mol. The maximum Gasteiger partial charge on any atom is 0.310 e. The van der Waals surface area contributed by atoms with Crippen molar-refractivity contribution in [2.45, 2.75) is 59.4 Å². The van der Waals surface area contributed by atoms with Gasteiger partial charge in [0.15, 0.2) is 0 Å². The number of methoxy groups -OCH3 is 1. The second-order valence-electron chi connectivity index (χ2n) is 8.54. The van der Waals surface area contributed by atoms with Crippen LogP contribution in [0.15, 0.2) is 12.1 Å². The van der Waals surface area contributed by atoms with Gasteiger partial charge in [0.1, 0.15) is 5.82 Å².